The number of halogens is 2. The summed E-state index contributed by atoms with van der Waals surface area (Å²) in [5.74, 6) is 0.218. The van der Waals surface area contributed by atoms with Gasteiger partial charge in [0.1, 0.15) is 17.4 Å². The van der Waals surface area contributed by atoms with Crippen molar-refractivity contribution < 1.29 is 9.53 Å². The fourth-order valence-electron chi connectivity index (χ4n) is 2.12. The fourth-order valence-corrected chi connectivity index (χ4v) is 2.42. The summed E-state index contributed by atoms with van der Waals surface area (Å²) < 4.78 is 5.12. The minimum absolute atomic E-state index is 0.0589. The summed E-state index contributed by atoms with van der Waals surface area (Å²) in [6, 6.07) is 14.0. The Morgan fingerprint density at radius 1 is 1.19 bits per heavy atom. The van der Waals surface area contributed by atoms with Gasteiger partial charge in [-0.25, -0.2) is 0 Å². The van der Waals surface area contributed by atoms with Crippen molar-refractivity contribution in [1.82, 2.24) is 5.32 Å². The molecule has 0 heterocycles. The largest absolute Gasteiger partial charge is 0.497 e. The van der Waals surface area contributed by atoms with Crippen LogP contribution < -0.4 is 15.4 Å². The molecule has 1 amide bonds. The van der Waals surface area contributed by atoms with Crippen molar-refractivity contribution in [1.29, 1.82) is 5.26 Å². The van der Waals surface area contributed by atoms with Crippen molar-refractivity contribution in [2.75, 3.05) is 12.4 Å². The second-order valence-electron chi connectivity index (χ2n) is 5.41. The highest BCUT2D eigenvalue weighted by molar-refractivity contribution is 6.42. The summed E-state index contributed by atoms with van der Waals surface area (Å²) in [6.07, 6.45) is 1.39. The number of anilines is 1. The quantitative estimate of drug-likeness (QED) is 0.554. The normalized spacial score (nSPS) is 12.0. The van der Waals surface area contributed by atoms with Crippen LogP contribution in [0, 0.1) is 11.3 Å². The molecule has 7 heteroatoms. The molecule has 0 aromatic heterocycles. The van der Waals surface area contributed by atoms with Crippen LogP contribution in [-0.4, -0.2) is 13.0 Å². The second-order valence-corrected chi connectivity index (χ2v) is 6.23. The standard InChI is InChI=1S/C19H17Cl2N3O2/c1-12(13-3-6-16(26-2)7-4-13)23-11-14(10-22)19(25)24-15-5-8-17(20)18(21)9-15/h3-9,11-12,23H,1-2H3,(H,24,25)/b14-11-. The van der Waals surface area contributed by atoms with Crippen molar-refractivity contribution in [3.05, 3.63) is 69.8 Å². The molecule has 0 bridgehead atoms. The van der Waals surface area contributed by atoms with E-state index >= 15 is 0 Å². The van der Waals surface area contributed by atoms with Crippen LogP contribution in [0.15, 0.2) is 54.2 Å². The maximum atomic E-state index is 12.2. The number of carbonyl (C=O) groups excluding carboxylic acids is 1. The first-order valence-corrected chi connectivity index (χ1v) is 8.47. The van der Waals surface area contributed by atoms with Gasteiger partial charge in [0, 0.05) is 17.9 Å². The predicted molar refractivity (Wildman–Crippen MR) is 103 cm³/mol. The molecule has 134 valence electrons. The molecule has 2 N–H and O–H groups in total. The highest BCUT2D eigenvalue weighted by Crippen LogP contribution is 2.25. The van der Waals surface area contributed by atoms with E-state index in [4.69, 9.17) is 27.9 Å². The molecule has 0 aliphatic carbocycles. The van der Waals surface area contributed by atoms with E-state index in [1.165, 1.54) is 12.3 Å². The Morgan fingerprint density at radius 2 is 1.88 bits per heavy atom. The molecule has 0 radical (unpaired) electrons. The van der Waals surface area contributed by atoms with Gasteiger partial charge >= 0.3 is 0 Å². The topological polar surface area (TPSA) is 74.1 Å². The third-order valence-corrected chi connectivity index (χ3v) is 4.38. The Morgan fingerprint density at radius 3 is 2.46 bits per heavy atom. The molecule has 0 spiro atoms. The lowest BCUT2D eigenvalue weighted by molar-refractivity contribution is -0.112. The summed E-state index contributed by atoms with van der Waals surface area (Å²) in [5.41, 5.74) is 1.38. The minimum Gasteiger partial charge on any atom is -0.497 e. The van der Waals surface area contributed by atoms with Gasteiger partial charge in [0.2, 0.25) is 0 Å². The van der Waals surface area contributed by atoms with Gasteiger partial charge < -0.3 is 15.4 Å². The zero-order valence-corrected chi connectivity index (χ0v) is 15.7. The summed E-state index contributed by atoms with van der Waals surface area (Å²) >= 11 is 11.8. The van der Waals surface area contributed by atoms with E-state index < -0.39 is 5.91 Å². The Bertz CT molecular complexity index is 858. The van der Waals surface area contributed by atoms with E-state index in [0.29, 0.717) is 15.7 Å². The lowest BCUT2D eigenvalue weighted by Crippen LogP contribution is -2.18. The van der Waals surface area contributed by atoms with Gasteiger partial charge in [-0.15, -0.1) is 0 Å². The van der Waals surface area contributed by atoms with Gasteiger partial charge in [0.15, 0.2) is 0 Å². The van der Waals surface area contributed by atoms with Gasteiger partial charge in [-0.3, -0.25) is 4.79 Å². The number of hydrogen-bond acceptors (Lipinski definition) is 4. The van der Waals surface area contributed by atoms with Crippen molar-refractivity contribution in [3.8, 4) is 11.8 Å². The molecule has 2 rings (SSSR count). The number of nitrogens with zero attached hydrogens (tertiary/aromatic N) is 1. The Hall–Kier alpha value is -2.68. The average Bonchev–Trinajstić information content (AvgIpc) is 2.65. The molecule has 0 aliphatic heterocycles. The summed E-state index contributed by atoms with van der Waals surface area (Å²) in [5, 5.41) is 15.6. The number of amides is 1. The van der Waals surface area contributed by atoms with Crippen LogP contribution in [-0.2, 0) is 4.79 Å². The third kappa shape index (κ3) is 5.16. The monoisotopic (exact) mass is 389 g/mol. The lowest BCUT2D eigenvalue weighted by Gasteiger charge is -2.13. The fraction of sp³-hybridized carbons (Fsp3) is 0.158. The van der Waals surface area contributed by atoms with Crippen LogP contribution in [0.3, 0.4) is 0 Å². The summed E-state index contributed by atoms with van der Waals surface area (Å²) in [7, 11) is 1.60. The number of carbonyl (C=O) groups is 1. The van der Waals surface area contributed by atoms with Gasteiger partial charge in [-0.1, -0.05) is 35.3 Å². The summed E-state index contributed by atoms with van der Waals surface area (Å²) in [4.78, 5) is 12.2. The van der Waals surface area contributed by atoms with Crippen LogP contribution in [0.2, 0.25) is 10.0 Å². The smallest absolute Gasteiger partial charge is 0.267 e. The van der Waals surface area contributed by atoms with E-state index in [9.17, 15) is 10.1 Å². The predicted octanol–water partition coefficient (Wildman–Crippen LogP) is 4.70. The maximum absolute atomic E-state index is 12.2. The SMILES string of the molecule is COc1ccc(C(C)N/C=C(/C#N)C(=O)Nc2ccc(Cl)c(Cl)c2)cc1. The zero-order valence-electron chi connectivity index (χ0n) is 14.2. The first-order chi connectivity index (χ1) is 12.4. The molecule has 0 saturated carbocycles. The lowest BCUT2D eigenvalue weighted by atomic mass is 10.1. The molecule has 1 atom stereocenters. The molecular formula is C19H17Cl2N3O2. The average molecular weight is 390 g/mol. The molecule has 0 saturated heterocycles. The molecule has 0 aliphatic rings. The number of ether oxygens (including phenoxy) is 1. The highest BCUT2D eigenvalue weighted by Gasteiger charge is 2.11. The van der Waals surface area contributed by atoms with Crippen molar-refractivity contribution in [2.24, 2.45) is 0 Å². The van der Waals surface area contributed by atoms with Gasteiger partial charge in [0.05, 0.1) is 17.2 Å². The van der Waals surface area contributed by atoms with Crippen LogP contribution in [0.1, 0.15) is 18.5 Å². The van der Waals surface area contributed by atoms with E-state index in [2.05, 4.69) is 10.6 Å². The number of hydrogen-bond donors (Lipinski definition) is 2. The number of benzene rings is 2. The van der Waals surface area contributed by atoms with Crippen molar-refractivity contribution in [2.45, 2.75) is 13.0 Å². The van der Waals surface area contributed by atoms with Crippen molar-refractivity contribution >= 4 is 34.8 Å². The van der Waals surface area contributed by atoms with Gasteiger partial charge in [-0.2, -0.15) is 5.26 Å². The van der Waals surface area contributed by atoms with E-state index in [-0.39, 0.29) is 11.6 Å². The molecule has 2 aromatic carbocycles. The number of nitrogens with one attached hydrogen (secondary N) is 2. The molecule has 1 unspecified atom stereocenters. The van der Waals surface area contributed by atoms with Crippen LogP contribution in [0.25, 0.3) is 0 Å². The Labute approximate surface area is 162 Å². The minimum atomic E-state index is -0.541. The summed E-state index contributed by atoms with van der Waals surface area (Å²) in [6.45, 7) is 1.92. The molecular weight excluding hydrogens is 373 g/mol. The molecule has 2 aromatic rings. The van der Waals surface area contributed by atoms with Gasteiger partial charge in [0.25, 0.3) is 5.91 Å². The maximum Gasteiger partial charge on any atom is 0.267 e. The molecule has 26 heavy (non-hydrogen) atoms. The van der Waals surface area contributed by atoms with Crippen LogP contribution in [0.5, 0.6) is 5.75 Å². The van der Waals surface area contributed by atoms with E-state index in [1.54, 1.807) is 19.2 Å². The number of nitriles is 1. The van der Waals surface area contributed by atoms with Crippen LogP contribution in [0.4, 0.5) is 5.69 Å². The zero-order chi connectivity index (χ0) is 19.1. The second kappa shape index (κ2) is 9.14. The number of rotatable bonds is 6. The third-order valence-electron chi connectivity index (χ3n) is 3.64. The van der Waals surface area contributed by atoms with E-state index in [0.717, 1.165) is 11.3 Å². The Balaban J connectivity index is 2.04. The van der Waals surface area contributed by atoms with Crippen LogP contribution >= 0.6 is 23.2 Å². The molecule has 5 nitrogen and oxygen atoms in total. The first-order valence-electron chi connectivity index (χ1n) is 7.71. The number of methoxy groups -OCH3 is 1. The highest BCUT2D eigenvalue weighted by atomic mass is 35.5. The van der Waals surface area contributed by atoms with E-state index in [1.807, 2.05) is 37.3 Å². The molecule has 0 fully saturated rings. The van der Waals surface area contributed by atoms with Gasteiger partial charge in [-0.05, 0) is 42.8 Å². The van der Waals surface area contributed by atoms with Crippen molar-refractivity contribution in [3.63, 3.8) is 0 Å². The first kappa shape index (κ1) is 19.6. The Kier molecular flexibility index (Phi) is 6.90.